The van der Waals surface area contributed by atoms with Gasteiger partial charge in [0, 0.05) is 31.3 Å². The minimum Gasteiger partial charge on any atom is -0.299 e. The Morgan fingerprint density at radius 1 is 1.47 bits per heavy atom. The predicted molar refractivity (Wildman–Crippen MR) is 60.6 cm³/mol. The van der Waals surface area contributed by atoms with Gasteiger partial charge in [0.25, 0.3) is 0 Å². The molecule has 0 radical (unpaired) electrons. The van der Waals surface area contributed by atoms with Gasteiger partial charge in [-0.1, -0.05) is 13.8 Å². The smallest absolute Gasteiger partial charge is 0.136 e. The number of hydrogen-bond acceptors (Lipinski definition) is 2. The molecule has 0 unspecified atom stereocenters. The maximum Gasteiger partial charge on any atom is 0.136 e. The van der Waals surface area contributed by atoms with Crippen molar-refractivity contribution in [2.24, 2.45) is 13.0 Å². The molecule has 3 heteroatoms. The van der Waals surface area contributed by atoms with Gasteiger partial charge >= 0.3 is 0 Å². The maximum atomic E-state index is 11.8. The van der Waals surface area contributed by atoms with Gasteiger partial charge in [0.05, 0.1) is 0 Å². The maximum absolute atomic E-state index is 11.8. The number of carbonyl (C=O) groups is 1. The lowest BCUT2D eigenvalue weighted by Gasteiger charge is -2.10. The summed E-state index contributed by atoms with van der Waals surface area (Å²) in [6.45, 7) is 4.16. The Balaban J connectivity index is 2.43. The normalized spacial score (nSPS) is 10.9. The third-order valence-corrected chi connectivity index (χ3v) is 2.99. The molecule has 1 aromatic rings. The molecule has 0 aliphatic rings. The summed E-state index contributed by atoms with van der Waals surface area (Å²) in [5, 5.41) is 4.09. The van der Waals surface area contributed by atoms with Gasteiger partial charge in [0.2, 0.25) is 0 Å². The number of ketones is 1. The van der Waals surface area contributed by atoms with Crippen molar-refractivity contribution in [3.63, 3.8) is 0 Å². The number of aromatic nitrogens is 2. The lowest BCUT2D eigenvalue weighted by atomic mass is 9.95. The molecule has 0 saturated heterocycles. The largest absolute Gasteiger partial charge is 0.299 e. The van der Waals surface area contributed by atoms with Crippen molar-refractivity contribution in [1.29, 1.82) is 0 Å². The fourth-order valence-corrected chi connectivity index (χ4v) is 1.85. The van der Waals surface area contributed by atoms with Crippen molar-refractivity contribution in [2.75, 3.05) is 0 Å². The first kappa shape index (κ1) is 12.0. The van der Waals surface area contributed by atoms with Gasteiger partial charge in [0.15, 0.2) is 0 Å². The van der Waals surface area contributed by atoms with Crippen molar-refractivity contribution < 1.29 is 4.79 Å². The highest BCUT2D eigenvalue weighted by molar-refractivity contribution is 5.81. The van der Waals surface area contributed by atoms with Crippen molar-refractivity contribution in [2.45, 2.75) is 39.5 Å². The summed E-state index contributed by atoms with van der Waals surface area (Å²) in [5.74, 6) is 0.638. The highest BCUT2D eigenvalue weighted by Crippen LogP contribution is 2.13. The topological polar surface area (TPSA) is 34.9 Å². The van der Waals surface area contributed by atoms with E-state index < -0.39 is 0 Å². The van der Waals surface area contributed by atoms with Gasteiger partial charge in [-0.05, 0) is 25.3 Å². The van der Waals surface area contributed by atoms with E-state index in [9.17, 15) is 4.79 Å². The third-order valence-electron chi connectivity index (χ3n) is 2.99. The van der Waals surface area contributed by atoms with E-state index in [-0.39, 0.29) is 5.92 Å². The number of carbonyl (C=O) groups excluding carboxylic acids is 1. The van der Waals surface area contributed by atoms with Crippen molar-refractivity contribution in [3.05, 3.63) is 18.0 Å². The summed E-state index contributed by atoms with van der Waals surface area (Å²) >= 11 is 0. The third kappa shape index (κ3) is 3.18. The second-order valence-electron chi connectivity index (χ2n) is 3.93. The molecule has 0 aliphatic carbocycles. The fraction of sp³-hybridized carbons (Fsp3) is 0.667. The van der Waals surface area contributed by atoms with E-state index in [1.807, 2.05) is 17.8 Å². The minimum atomic E-state index is 0.248. The second kappa shape index (κ2) is 5.69. The molecule has 0 N–H and O–H groups in total. The van der Waals surface area contributed by atoms with E-state index in [2.05, 4.69) is 18.9 Å². The molecule has 15 heavy (non-hydrogen) atoms. The second-order valence-corrected chi connectivity index (χ2v) is 3.93. The lowest BCUT2D eigenvalue weighted by Crippen LogP contribution is -2.14. The average Bonchev–Trinajstić information content (AvgIpc) is 2.63. The van der Waals surface area contributed by atoms with E-state index in [0.29, 0.717) is 12.2 Å². The SMILES string of the molecule is CCC(CC)C(=O)CCc1ccnn1C. The van der Waals surface area contributed by atoms with Crippen molar-refractivity contribution in [3.8, 4) is 0 Å². The van der Waals surface area contributed by atoms with Crippen LogP contribution in [0.5, 0.6) is 0 Å². The molecular formula is C12H20N2O. The monoisotopic (exact) mass is 208 g/mol. The van der Waals surface area contributed by atoms with Crippen LogP contribution in [0.1, 0.15) is 38.8 Å². The van der Waals surface area contributed by atoms with Crippen molar-refractivity contribution >= 4 is 5.78 Å². The van der Waals surface area contributed by atoms with E-state index >= 15 is 0 Å². The Kier molecular flexibility index (Phi) is 4.53. The number of Topliss-reactive ketones (excluding diaryl/α,β-unsaturated/α-hetero) is 1. The van der Waals surface area contributed by atoms with E-state index in [1.165, 1.54) is 0 Å². The quantitative estimate of drug-likeness (QED) is 0.719. The molecule has 1 heterocycles. The first-order valence-electron chi connectivity index (χ1n) is 5.68. The van der Waals surface area contributed by atoms with Gasteiger partial charge in [-0.3, -0.25) is 9.48 Å². The predicted octanol–water partition coefficient (Wildman–Crippen LogP) is 2.36. The molecule has 84 valence electrons. The summed E-state index contributed by atoms with van der Waals surface area (Å²) in [7, 11) is 1.91. The molecular weight excluding hydrogens is 188 g/mol. The van der Waals surface area contributed by atoms with Crippen LogP contribution in [0.15, 0.2) is 12.3 Å². The molecule has 1 rings (SSSR count). The Morgan fingerprint density at radius 3 is 2.60 bits per heavy atom. The molecule has 0 saturated carbocycles. The van der Waals surface area contributed by atoms with Gasteiger partial charge in [0.1, 0.15) is 5.78 Å². The van der Waals surface area contributed by atoms with E-state index in [4.69, 9.17) is 0 Å². The summed E-state index contributed by atoms with van der Waals surface area (Å²) in [6.07, 6.45) is 5.15. The highest BCUT2D eigenvalue weighted by Gasteiger charge is 2.14. The van der Waals surface area contributed by atoms with Crippen molar-refractivity contribution in [1.82, 2.24) is 9.78 Å². The van der Waals surface area contributed by atoms with Gasteiger partial charge < -0.3 is 0 Å². The van der Waals surface area contributed by atoms with Gasteiger partial charge in [-0.15, -0.1) is 0 Å². The van der Waals surface area contributed by atoms with Crippen LogP contribution >= 0.6 is 0 Å². The Labute approximate surface area is 91.5 Å². The highest BCUT2D eigenvalue weighted by atomic mass is 16.1. The molecule has 0 spiro atoms. The Morgan fingerprint density at radius 2 is 2.13 bits per heavy atom. The molecule has 0 atom stereocenters. The Hall–Kier alpha value is -1.12. The molecule has 0 bridgehead atoms. The first-order valence-corrected chi connectivity index (χ1v) is 5.68. The Bertz CT molecular complexity index is 313. The number of aryl methyl sites for hydroxylation is 2. The standard InChI is InChI=1S/C12H20N2O/c1-4-10(5-2)12(15)7-6-11-8-9-13-14(11)3/h8-10H,4-7H2,1-3H3. The van der Waals surface area contributed by atoms with Gasteiger partial charge in [-0.2, -0.15) is 5.10 Å². The van der Waals surface area contributed by atoms with Crippen LogP contribution in [0.25, 0.3) is 0 Å². The summed E-state index contributed by atoms with van der Waals surface area (Å²) in [6, 6.07) is 1.97. The molecule has 0 amide bonds. The number of hydrogen-bond donors (Lipinski definition) is 0. The molecule has 3 nitrogen and oxygen atoms in total. The lowest BCUT2D eigenvalue weighted by molar-refractivity contribution is -0.123. The molecule has 0 aliphatic heterocycles. The van der Waals surface area contributed by atoms with Crippen LogP contribution in [0.2, 0.25) is 0 Å². The zero-order chi connectivity index (χ0) is 11.3. The zero-order valence-corrected chi connectivity index (χ0v) is 9.86. The minimum absolute atomic E-state index is 0.248. The first-order chi connectivity index (χ1) is 7.19. The average molecular weight is 208 g/mol. The van der Waals surface area contributed by atoms with Crippen LogP contribution < -0.4 is 0 Å². The fourth-order valence-electron chi connectivity index (χ4n) is 1.85. The summed E-state index contributed by atoms with van der Waals surface area (Å²) in [5.41, 5.74) is 1.13. The number of rotatable bonds is 6. The molecule has 0 aromatic carbocycles. The van der Waals surface area contributed by atoms with E-state index in [1.54, 1.807) is 6.20 Å². The van der Waals surface area contributed by atoms with Crippen LogP contribution in [0.4, 0.5) is 0 Å². The zero-order valence-electron chi connectivity index (χ0n) is 9.86. The van der Waals surface area contributed by atoms with Crippen LogP contribution in [-0.4, -0.2) is 15.6 Å². The van der Waals surface area contributed by atoms with Crippen LogP contribution in [-0.2, 0) is 18.3 Å². The number of nitrogens with zero attached hydrogens (tertiary/aromatic N) is 2. The van der Waals surface area contributed by atoms with E-state index in [0.717, 1.165) is 25.0 Å². The van der Waals surface area contributed by atoms with Gasteiger partial charge in [-0.25, -0.2) is 0 Å². The molecule has 1 aromatic heterocycles. The van der Waals surface area contributed by atoms with Crippen LogP contribution in [0.3, 0.4) is 0 Å². The van der Waals surface area contributed by atoms with Crippen LogP contribution in [0, 0.1) is 5.92 Å². The molecule has 0 fully saturated rings. The summed E-state index contributed by atoms with van der Waals surface area (Å²) < 4.78 is 1.83. The summed E-state index contributed by atoms with van der Waals surface area (Å²) in [4.78, 5) is 11.8.